The summed E-state index contributed by atoms with van der Waals surface area (Å²) in [5, 5.41) is 4.72. The monoisotopic (exact) mass is 278 g/mol. The van der Waals surface area contributed by atoms with Gasteiger partial charge in [0.1, 0.15) is 4.99 Å². The second-order valence-corrected chi connectivity index (χ2v) is 5.16. The summed E-state index contributed by atoms with van der Waals surface area (Å²) in [5.74, 6) is 0.662. The molecule has 4 nitrogen and oxygen atoms in total. The number of halogens is 1. The highest BCUT2D eigenvalue weighted by molar-refractivity contribution is 7.80. The Morgan fingerprint density at radius 2 is 2.28 bits per heavy atom. The van der Waals surface area contributed by atoms with E-state index in [4.69, 9.17) is 29.6 Å². The van der Waals surface area contributed by atoms with E-state index in [1.807, 2.05) is 6.07 Å². The third-order valence-corrected chi connectivity index (χ3v) is 3.48. The van der Waals surface area contributed by atoms with Crippen LogP contribution in [0.3, 0.4) is 0 Å². The van der Waals surface area contributed by atoms with Crippen LogP contribution in [0.15, 0.2) is 18.5 Å². The molecule has 0 bridgehead atoms. The van der Waals surface area contributed by atoms with Gasteiger partial charge in [0, 0.05) is 5.69 Å². The normalized spacial score (nSPS) is 13.6. The molecule has 2 heterocycles. The number of aromatic nitrogens is 3. The zero-order chi connectivity index (χ0) is 12.7. The van der Waals surface area contributed by atoms with E-state index in [1.54, 1.807) is 17.1 Å². The van der Waals surface area contributed by atoms with Crippen molar-refractivity contribution >= 4 is 28.8 Å². The number of fused-ring (bicyclic) bond motifs is 1. The first-order valence-corrected chi connectivity index (χ1v) is 6.47. The molecule has 3 rings (SSSR count). The molecule has 92 valence electrons. The first kappa shape index (κ1) is 11.6. The van der Waals surface area contributed by atoms with Crippen LogP contribution >= 0.6 is 23.8 Å². The number of rotatable bonds is 2. The maximum absolute atomic E-state index is 5.88. The molecule has 0 atom stereocenters. The van der Waals surface area contributed by atoms with Crippen molar-refractivity contribution in [2.24, 2.45) is 5.73 Å². The summed E-state index contributed by atoms with van der Waals surface area (Å²) in [4.78, 5) is 4.96. The van der Waals surface area contributed by atoms with Crippen molar-refractivity contribution < 1.29 is 0 Å². The summed E-state index contributed by atoms with van der Waals surface area (Å²) in [5.41, 5.74) is 8.87. The average molecular weight is 279 g/mol. The predicted octanol–water partition coefficient (Wildman–Crippen LogP) is 2.04. The van der Waals surface area contributed by atoms with Gasteiger partial charge in [-0.25, -0.2) is 9.67 Å². The molecule has 0 fully saturated rings. The summed E-state index contributed by atoms with van der Waals surface area (Å²) in [7, 11) is 0. The number of pyridine rings is 1. The van der Waals surface area contributed by atoms with E-state index in [9.17, 15) is 0 Å². The molecular formula is C12H11ClN4S. The van der Waals surface area contributed by atoms with Crippen LogP contribution in [-0.4, -0.2) is 19.8 Å². The van der Waals surface area contributed by atoms with Gasteiger partial charge in [-0.15, -0.1) is 0 Å². The maximum Gasteiger partial charge on any atom is 0.163 e. The van der Waals surface area contributed by atoms with Gasteiger partial charge < -0.3 is 5.73 Å². The molecule has 0 radical (unpaired) electrons. The third-order valence-electron chi connectivity index (χ3n) is 3.06. The van der Waals surface area contributed by atoms with E-state index in [2.05, 4.69) is 10.1 Å². The van der Waals surface area contributed by atoms with Crippen LogP contribution in [0.1, 0.15) is 23.2 Å². The fraction of sp³-hybridized carbons (Fsp3) is 0.250. The quantitative estimate of drug-likeness (QED) is 0.854. The fourth-order valence-electron chi connectivity index (χ4n) is 2.23. The van der Waals surface area contributed by atoms with E-state index in [0.717, 1.165) is 30.5 Å². The summed E-state index contributed by atoms with van der Waals surface area (Å²) in [6.45, 7) is 0. The number of thiocarbonyl (C=S) groups is 1. The Balaban J connectivity index is 2.21. The maximum atomic E-state index is 5.88. The lowest BCUT2D eigenvalue weighted by molar-refractivity contribution is 0.829. The Morgan fingerprint density at radius 1 is 1.44 bits per heavy atom. The van der Waals surface area contributed by atoms with Gasteiger partial charge in [-0.05, 0) is 30.9 Å². The van der Waals surface area contributed by atoms with E-state index >= 15 is 0 Å². The summed E-state index contributed by atoms with van der Waals surface area (Å²) < 4.78 is 1.62. The molecule has 0 saturated heterocycles. The summed E-state index contributed by atoms with van der Waals surface area (Å²) in [6, 6.07) is 2.03. The standard InChI is InChI=1S/C12H11ClN4S/c13-8-5-15-17(6-8)12-9(11(14)18)4-7-2-1-3-10(7)16-12/h4-6H,1-3H2,(H2,14,18). The van der Waals surface area contributed by atoms with Gasteiger partial charge in [-0.1, -0.05) is 23.8 Å². The minimum Gasteiger partial charge on any atom is -0.389 e. The molecule has 0 aliphatic heterocycles. The van der Waals surface area contributed by atoms with Gasteiger partial charge in [-0.2, -0.15) is 5.10 Å². The Kier molecular flexibility index (Phi) is 2.80. The lowest BCUT2D eigenvalue weighted by Crippen LogP contribution is -2.16. The van der Waals surface area contributed by atoms with Gasteiger partial charge in [0.05, 0.1) is 23.0 Å². The van der Waals surface area contributed by atoms with Crippen molar-refractivity contribution in [3.63, 3.8) is 0 Å². The van der Waals surface area contributed by atoms with Gasteiger partial charge in [-0.3, -0.25) is 0 Å². The SMILES string of the molecule is NC(=S)c1cc2c(nc1-n1cc(Cl)cn1)CCC2. The number of nitrogens with zero attached hydrogens (tertiary/aromatic N) is 3. The summed E-state index contributed by atoms with van der Waals surface area (Å²) >= 11 is 11.0. The van der Waals surface area contributed by atoms with Crippen LogP contribution in [-0.2, 0) is 12.8 Å². The van der Waals surface area contributed by atoms with Crippen LogP contribution in [0.25, 0.3) is 5.82 Å². The predicted molar refractivity (Wildman–Crippen MR) is 74.3 cm³/mol. The number of hydrogen-bond acceptors (Lipinski definition) is 3. The molecule has 0 aromatic carbocycles. The number of nitrogens with two attached hydrogens (primary N) is 1. The van der Waals surface area contributed by atoms with E-state index < -0.39 is 0 Å². The highest BCUT2D eigenvalue weighted by Crippen LogP contribution is 2.25. The molecule has 0 amide bonds. The van der Waals surface area contributed by atoms with Crippen LogP contribution in [0, 0.1) is 0 Å². The van der Waals surface area contributed by atoms with E-state index in [-0.39, 0.29) is 0 Å². The molecule has 6 heteroatoms. The Morgan fingerprint density at radius 3 is 2.94 bits per heavy atom. The van der Waals surface area contributed by atoms with Gasteiger partial charge in [0.2, 0.25) is 0 Å². The second-order valence-electron chi connectivity index (χ2n) is 4.29. The first-order valence-electron chi connectivity index (χ1n) is 5.68. The van der Waals surface area contributed by atoms with Crippen LogP contribution in [0.5, 0.6) is 0 Å². The van der Waals surface area contributed by atoms with Crippen molar-refractivity contribution in [1.82, 2.24) is 14.8 Å². The molecule has 1 aliphatic carbocycles. The van der Waals surface area contributed by atoms with Gasteiger partial charge >= 0.3 is 0 Å². The minimum atomic E-state index is 0.332. The summed E-state index contributed by atoms with van der Waals surface area (Å²) in [6.07, 6.45) is 6.43. The molecule has 1 aliphatic rings. The Bertz CT molecular complexity index is 635. The lowest BCUT2D eigenvalue weighted by atomic mass is 10.1. The van der Waals surface area contributed by atoms with Crippen molar-refractivity contribution in [2.75, 3.05) is 0 Å². The van der Waals surface area contributed by atoms with Crippen molar-refractivity contribution in [3.05, 3.63) is 40.3 Å². The molecule has 0 unspecified atom stereocenters. The van der Waals surface area contributed by atoms with Crippen molar-refractivity contribution in [1.29, 1.82) is 0 Å². The highest BCUT2D eigenvalue weighted by atomic mass is 35.5. The van der Waals surface area contributed by atoms with E-state index in [0.29, 0.717) is 15.8 Å². The molecular weight excluding hydrogens is 268 g/mol. The average Bonchev–Trinajstić information content (AvgIpc) is 2.94. The second kappa shape index (κ2) is 4.33. The van der Waals surface area contributed by atoms with Crippen LogP contribution in [0.4, 0.5) is 0 Å². The van der Waals surface area contributed by atoms with Gasteiger partial charge in [0.15, 0.2) is 5.82 Å². The minimum absolute atomic E-state index is 0.332. The molecule has 0 spiro atoms. The smallest absolute Gasteiger partial charge is 0.163 e. The molecule has 2 aromatic rings. The number of hydrogen-bond donors (Lipinski definition) is 1. The topological polar surface area (TPSA) is 56.7 Å². The Hall–Kier alpha value is -1.46. The molecule has 0 saturated carbocycles. The first-order chi connectivity index (χ1) is 8.65. The van der Waals surface area contributed by atoms with Crippen LogP contribution in [0.2, 0.25) is 5.02 Å². The number of aryl methyl sites for hydroxylation is 2. The third kappa shape index (κ3) is 1.89. The lowest BCUT2D eigenvalue weighted by Gasteiger charge is -2.10. The van der Waals surface area contributed by atoms with Gasteiger partial charge in [0.25, 0.3) is 0 Å². The van der Waals surface area contributed by atoms with Crippen LogP contribution < -0.4 is 5.73 Å². The largest absolute Gasteiger partial charge is 0.389 e. The highest BCUT2D eigenvalue weighted by Gasteiger charge is 2.19. The zero-order valence-corrected chi connectivity index (χ0v) is 11.1. The molecule has 18 heavy (non-hydrogen) atoms. The zero-order valence-electron chi connectivity index (χ0n) is 9.56. The van der Waals surface area contributed by atoms with E-state index in [1.165, 1.54) is 5.56 Å². The Labute approximate surface area is 115 Å². The molecule has 2 aromatic heterocycles. The molecule has 2 N–H and O–H groups in total. The fourth-order valence-corrected chi connectivity index (χ4v) is 2.52. The van der Waals surface area contributed by atoms with Crippen molar-refractivity contribution in [3.8, 4) is 5.82 Å². The van der Waals surface area contributed by atoms with Crippen molar-refractivity contribution in [2.45, 2.75) is 19.3 Å².